The first-order valence-corrected chi connectivity index (χ1v) is 11.6. The molecule has 0 rings (SSSR count). The fraction of sp³-hybridized carbons (Fsp3) is 0.720. The van der Waals surface area contributed by atoms with Gasteiger partial charge >= 0.3 is 5.97 Å². The highest BCUT2D eigenvalue weighted by Crippen LogP contribution is 2.08. The zero-order valence-corrected chi connectivity index (χ0v) is 18.8. The molecular formula is C25H44O4. The van der Waals surface area contributed by atoms with E-state index >= 15 is 0 Å². The molecule has 0 spiro atoms. The molecule has 168 valence electrons. The van der Waals surface area contributed by atoms with Gasteiger partial charge in [-0.05, 0) is 44.9 Å². The molecule has 0 aromatic heterocycles. The highest BCUT2D eigenvalue weighted by molar-refractivity contribution is 5.69. The highest BCUT2D eigenvalue weighted by atomic mass is 16.6. The van der Waals surface area contributed by atoms with E-state index in [2.05, 4.69) is 43.4 Å². The number of hydrogen-bond acceptors (Lipinski definition) is 4. The van der Waals surface area contributed by atoms with Gasteiger partial charge in [-0.15, -0.1) is 0 Å². The normalized spacial score (nSPS) is 13.1. The van der Waals surface area contributed by atoms with Crippen LogP contribution >= 0.6 is 0 Å². The second-order valence-electron chi connectivity index (χ2n) is 7.32. The van der Waals surface area contributed by atoms with Gasteiger partial charge in [0.1, 0.15) is 6.10 Å². The Labute approximate surface area is 179 Å². The number of carbonyl (C=O) groups excluding carboxylic acids is 1. The molecule has 0 aliphatic heterocycles. The van der Waals surface area contributed by atoms with Crippen LogP contribution in [0.2, 0.25) is 0 Å². The fourth-order valence-electron chi connectivity index (χ4n) is 2.79. The van der Waals surface area contributed by atoms with Crippen molar-refractivity contribution >= 4 is 5.97 Å². The molecule has 0 amide bonds. The third kappa shape index (κ3) is 21.1. The van der Waals surface area contributed by atoms with Crippen LogP contribution in [-0.4, -0.2) is 37.0 Å². The molecule has 4 heteroatoms. The van der Waals surface area contributed by atoms with E-state index in [1.165, 1.54) is 32.1 Å². The number of aliphatic hydroxyl groups is 1. The lowest BCUT2D eigenvalue weighted by Gasteiger charge is -2.15. The van der Waals surface area contributed by atoms with E-state index < -0.39 is 6.10 Å². The van der Waals surface area contributed by atoms with E-state index in [0.717, 1.165) is 38.5 Å². The Kier molecular flexibility index (Phi) is 21.8. The molecule has 0 aromatic carbocycles. The van der Waals surface area contributed by atoms with Crippen LogP contribution in [0.4, 0.5) is 0 Å². The van der Waals surface area contributed by atoms with Crippen LogP contribution < -0.4 is 0 Å². The lowest BCUT2D eigenvalue weighted by Crippen LogP contribution is -2.27. The Hall–Kier alpha value is -1.39. The summed E-state index contributed by atoms with van der Waals surface area (Å²) in [5.41, 5.74) is 0. The summed E-state index contributed by atoms with van der Waals surface area (Å²) in [6, 6.07) is 0. The summed E-state index contributed by atoms with van der Waals surface area (Å²) >= 11 is 0. The van der Waals surface area contributed by atoms with Crippen molar-refractivity contribution in [1.29, 1.82) is 0 Å². The molecule has 0 saturated carbocycles. The molecule has 0 radical (unpaired) electrons. The van der Waals surface area contributed by atoms with Crippen molar-refractivity contribution in [2.24, 2.45) is 0 Å². The molecule has 29 heavy (non-hydrogen) atoms. The van der Waals surface area contributed by atoms with Gasteiger partial charge in [-0.1, -0.05) is 76.0 Å². The van der Waals surface area contributed by atoms with Crippen molar-refractivity contribution in [2.45, 2.75) is 97.0 Å². The van der Waals surface area contributed by atoms with Crippen molar-refractivity contribution in [2.75, 3.05) is 19.8 Å². The maximum absolute atomic E-state index is 11.4. The summed E-state index contributed by atoms with van der Waals surface area (Å²) < 4.78 is 10.7. The quantitative estimate of drug-likeness (QED) is 0.146. The molecule has 0 saturated heterocycles. The largest absolute Gasteiger partial charge is 0.457 e. The minimum atomic E-state index is -0.532. The standard InChI is InChI=1S/C25H44O4/c1-3-5-6-7-8-9-10-11-12-13-14-15-16-17-18-19-21-28-23-24(22-26)29-25(27)20-4-2/h5-6,8-9,11-12,24,26H,3-4,7,10,13-23H2,1-2H3/b6-5-,9-8-,12-11-. The second kappa shape index (κ2) is 22.9. The number of esters is 1. The molecule has 0 aliphatic carbocycles. The smallest absolute Gasteiger partial charge is 0.306 e. The van der Waals surface area contributed by atoms with Gasteiger partial charge in [0.25, 0.3) is 0 Å². The molecule has 1 N–H and O–H groups in total. The molecule has 0 aliphatic rings. The molecule has 0 fully saturated rings. The molecule has 1 unspecified atom stereocenters. The average Bonchev–Trinajstić information content (AvgIpc) is 2.72. The molecular weight excluding hydrogens is 364 g/mol. The van der Waals surface area contributed by atoms with Crippen LogP contribution in [0.5, 0.6) is 0 Å². The third-order valence-electron chi connectivity index (χ3n) is 4.45. The molecule has 4 nitrogen and oxygen atoms in total. The number of unbranched alkanes of at least 4 members (excludes halogenated alkanes) is 6. The van der Waals surface area contributed by atoms with Gasteiger partial charge in [0.15, 0.2) is 0 Å². The molecule has 1 atom stereocenters. The van der Waals surface area contributed by atoms with Crippen molar-refractivity contribution in [1.82, 2.24) is 0 Å². The minimum Gasteiger partial charge on any atom is -0.457 e. The lowest BCUT2D eigenvalue weighted by molar-refractivity contribution is -0.154. The number of hydrogen-bond donors (Lipinski definition) is 1. The highest BCUT2D eigenvalue weighted by Gasteiger charge is 2.12. The average molecular weight is 409 g/mol. The summed E-state index contributed by atoms with van der Waals surface area (Å²) in [4.78, 5) is 11.4. The Morgan fingerprint density at radius 2 is 1.48 bits per heavy atom. The molecule has 0 bridgehead atoms. The first kappa shape index (κ1) is 27.6. The minimum absolute atomic E-state index is 0.184. The zero-order valence-electron chi connectivity index (χ0n) is 18.8. The Bertz CT molecular complexity index is 440. The number of carbonyl (C=O) groups is 1. The second-order valence-corrected chi connectivity index (χ2v) is 7.32. The van der Waals surface area contributed by atoms with E-state index in [0.29, 0.717) is 13.0 Å². The van der Waals surface area contributed by atoms with E-state index in [1.54, 1.807) is 0 Å². The van der Waals surface area contributed by atoms with Gasteiger partial charge in [-0.25, -0.2) is 0 Å². The lowest BCUT2D eigenvalue weighted by atomic mass is 10.1. The Morgan fingerprint density at radius 1 is 0.862 bits per heavy atom. The van der Waals surface area contributed by atoms with Crippen LogP contribution in [0.15, 0.2) is 36.5 Å². The third-order valence-corrected chi connectivity index (χ3v) is 4.45. The van der Waals surface area contributed by atoms with Crippen molar-refractivity contribution in [3.05, 3.63) is 36.5 Å². The van der Waals surface area contributed by atoms with Crippen molar-refractivity contribution < 1.29 is 19.4 Å². The maximum atomic E-state index is 11.4. The van der Waals surface area contributed by atoms with Crippen LogP contribution in [0.3, 0.4) is 0 Å². The number of ether oxygens (including phenoxy) is 2. The summed E-state index contributed by atoms with van der Waals surface area (Å²) in [7, 11) is 0. The van der Waals surface area contributed by atoms with Gasteiger partial charge in [0.2, 0.25) is 0 Å². The maximum Gasteiger partial charge on any atom is 0.306 e. The fourth-order valence-corrected chi connectivity index (χ4v) is 2.79. The Balaban J connectivity index is 3.39. The van der Waals surface area contributed by atoms with Gasteiger partial charge in [0, 0.05) is 13.0 Å². The topological polar surface area (TPSA) is 55.8 Å². The first-order chi connectivity index (χ1) is 14.2. The predicted octanol–water partition coefficient (Wildman–Crippen LogP) is 6.30. The number of allylic oxidation sites excluding steroid dienone is 6. The van der Waals surface area contributed by atoms with Crippen LogP contribution in [0.1, 0.15) is 90.9 Å². The first-order valence-electron chi connectivity index (χ1n) is 11.6. The molecule has 0 heterocycles. The number of aliphatic hydroxyl groups excluding tert-OH is 1. The Morgan fingerprint density at radius 3 is 2.14 bits per heavy atom. The van der Waals surface area contributed by atoms with Crippen LogP contribution in [-0.2, 0) is 14.3 Å². The van der Waals surface area contributed by atoms with Crippen molar-refractivity contribution in [3.63, 3.8) is 0 Å². The summed E-state index contributed by atoms with van der Waals surface area (Å²) in [5, 5.41) is 9.22. The summed E-state index contributed by atoms with van der Waals surface area (Å²) in [5.74, 6) is -0.263. The number of rotatable bonds is 20. The van der Waals surface area contributed by atoms with E-state index in [-0.39, 0.29) is 19.2 Å². The van der Waals surface area contributed by atoms with E-state index in [9.17, 15) is 9.90 Å². The van der Waals surface area contributed by atoms with Gasteiger partial charge in [0.05, 0.1) is 13.2 Å². The molecule has 0 aromatic rings. The zero-order chi connectivity index (χ0) is 21.4. The van der Waals surface area contributed by atoms with E-state index in [1.807, 2.05) is 6.92 Å². The summed E-state index contributed by atoms with van der Waals surface area (Å²) in [6.07, 6.45) is 25.6. The predicted molar refractivity (Wildman–Crippen MR) is 122 cm³/mol. The van der Waals surface area contributed by atoms with Crippen LogP contribution in [0.25, 0.3) is 0 Å². The van der Waals surface area contributed by atoms with Gasteiger partial charge < -0.3 is 14.6 Å². The van der Waals surface area contributed by atoms with Crippen molar-refractivity contribution in [3.8, 4) is 0 Å². The SMILES string of the molecule is CC/C=C\C/C=C\C/C=C\CCCCCCCCOCC(CO)OC(=O)CCC. The van der Waals surface area contributed by atoms with Crippen LogP contribution in [0, 0.1) is 0 Å². The monoisotopic (exact) mass is 408 g/mol. The van der Waals surface area contributed by atoms with Gasteiger partial charge in [-0.2, -0.15) is 0 Å². The van der Waals surface area contributed by atoms with E-state index in [4.69, 9.17) is 9.47 Å². The summed E-state index contributed by atoms with van der Waals surface area (Å²) in [6.45, 7) is 4.84. The van der Waals surface area contributed by atoms with Gasteiger partial charge in [-0.3, -0.25) is 4.79 Å².